The summed E-state index contributed by atoms with van der Waals surface area (Å²) in [6.07, 6.45) is 9.73. The van der Waals surface area contributed by atoms with Crippen molar-refractivity contribution >= 4 is 22.9 Å². The minimum atomic E-state index is -0.576. The van der Waals surface area contributed by atoms with E-state index in [1.165, 1.54) is 6.07 Å². The van der Waals surface area contributed by atoms with Crippen molar-refractivity contribution in [2.24, 2.45) is 0 Å². The van der Waals surface area contributed by atoms with Crippen molar-refractivity contribution in [1.29, 1.82) is 0 Å². The molecule has 234 valence electrons. The Morgan fingerprint density at radius 1 is 1.07 bits per heavy atom. The molecule has 4 aromatic rings. The topological polar surface area (TPSA) is 117 Å². The zero-order chi connectivity index (χ0) is 30.9. The molecule has 3 N–H and O–H groups in total. The van der Waals surface area contributed by atoms with Gasteiger partial charge in [-0.1, -0.05) is 12.1 Å². The summed E-state index contributed by atoms with van der Waals surface area (Å²) in [5.74, 6) is 0.777. The Morgan fingerprint density at radius 3 is 2.68 bits per heavy atom. The molecule has 1 aliphatic rings. The van der Waals surface area contributed by atoms with Crippen LogP contribution in [0.1, 0.15) is 51.9 Å². The Balaban J connectivity index is 1.07. The highest BCUT2D eigenvalue weighted by molar-refractivity contribution is 5.91. The number of urea groups is 1. The third kappa shape index (κ3) is 7.91. The number of halogens is 2. The van der Waals surface area contributed by atoms with Gasteiger partial charge >= 0.3 is 6.03 Å². The highest BCUT2D eigenvalue weighted by Gasteiger charge is 2.26. The lowest BCUT2D eigenvalue weighted by atomic mass is 9.91. The first-order valence-corrected chi connectivity index (χ1v) is 15.2. The molecule has 0 bridgehead atoms. The first-order valence-electron chi connectivity index (χ1n) is 15.2. The average Bonchev–Trinajstić information content (AvgIpc) is 3.44. The van der Waals surface area contributed by atoms with Gasteiger partial charge in [0, 0.05) is 42.8 Å². The molecule has 0 saturated heterocycles. The monoisotopic (exact) mass is 607 g/mol. The Hall–Kier alpha value is -4.48. The molecular weight excluding hydrogens is 568 g/mol. The van der Waals surface area contributed by atoms with Crippen LogP contribution >= 0.6 is 0 Å². The third-order valence-corrected chi connectivity index (χ3v) is 7.72. The van der Waals surface area contributed by atoms with Gasteiger partial charge in [-0.25, -0.2) is 28.5 Å². The van der Waals surface area contributed by atoms with Gasteiger partial charge in [-0.15, -0.1) is 0 Å². The van der Waals surface area contributed by atoms with Crippen molar-refractivity contribution in [2.45, 2.75) is 64.0 Å². The van der Waals surface area contributed by atoms with E-state index in [1.54, 1.807) is 18.1 Å². The zero-order valence-corrected chi connectivity index (χ0v) is 25.1. The molecule has 0 radical (unpaired) electrons. The summed E-state index contributed by atoms with van der Waals surface area (Å²) in [4.78, 5) is 30.1. The van der Waals surface area contributed by atoms with Gasteiger partial charge in [-0.3, -0.25) is 0 Å². The van der Waals surface area contributed by atoms with Crippen LogP contribution in [0, 0.1) is 11.6 Å². The number of carbonyl (C=O) groups excluding carboxylic acids is 1. The number of carbonyl (C=O) groups is 1. The van der Waals surface area contributed by atoms with Gasteiger partial charge in [0.1, 0.15) is 11.5 Å². The predicted octanol–water partition coefficient (Wildman–Crippen LogP) is 6.31. The summed E-state index contributed by atoms with van der Waals surface area (Å²) in [5.41, 5.74) is 1.03. The highest BCUT2D eigenvalue weighted by Crippen LogP contribution is 2.29. The minimum absolute atomic E-state index is 0.0398. The Morgan fingerprint density at radius 2 is 1.86 bits per heavy atom. The van der Waals surface area contributed by atoms with Crippen molar-refractivity contribution < 1.29 is 23.0 Å². The van der Waals surface area contributed by atoms with Gasteiger partial charge in [-0.05, 0) is 70.1 Å². The standard InChI is InChI=1S/C32H39F2N7O3/c1-3-43-27-12-5-6-13-28(27)44-15-8-4-7-14-41(2)32(42)39-23-11-9-10-22(17-23)38-31-26(34)20-37-30(40-31)25-19-36-29-24(25)16-21(33)18-35-29/h5-6,12-13,16,18-20,22-23H,3-4,7-11,14-15,17H2,1-2H3,(H,35,36)(H,39,42)(H,37,38,40)/t22-,23+/m0/s1. The number of benzene rings is 1. The van der Waals surface area contributed by atoms with E-state index >= 15 is 0 Å². The van der Waals surface area contributed by atoms with Crippen molar-refractivity contribution in [2.75, 3.05) is 32.1 Å². The number of nitrogens with one attached hydrogen (secondary N) is 3. The molecule has 2 amide bonds. The number of aromatic amines is 1. The lowest BCUT2D eigenvalue weighted by Gasteiger charge is -2.32. The number of hydrogen-bond donors (Lipinski definition) is 3. The molecule has 5 rings (SSSR count). The van der Waals surface area contributed by atoms with Gasteiger partial charge in [0.15, 0.2) is 29.0 Å². The molecule has 1 fully saturated rings. The average molecular weight is 608 g/mol. The molecular formula is C32H39F2N7O3. The van der Waals surface area contributed by atoms with Crippen LogP contribution in [0.15, 0.2) is 48.9 Å². The minimum Gasteiger partial charge on any atom is -0.490 e. The lowest BCUT2D eigenvalue weighted by molar-refractivity contribution is 0.198. The van der Waals surface area contributed by atoms with Crippen LogP contribution in [0.2, 0.25) is 0 Å². The Kier molecular flexibility index (Phi) is 10.4. The van der Waals surface area contributed by atoms with E-state index in [-0.39, 0.29) is 29.8 Å². The number of hydrogen-bond acceptors (Lipinski definition) is 7. The summed E-state index contributed by atoms with van der Waals surface area (Å²) in [6.45, 7) is 3.75. The molecule has 3 heterocycles. The highest BCUT2D eigenvalue weighted by atomic mass is 19.1. The molecule has 1 aromatic carbocycles. The van der Waals surface area contributed by atoms with Gasteiger partial charge in [-0.2, -0.15) is 0 Å². The molecule has 0 unspecified atom stereocenters. The van der Waals surface area contributed by atoms with Crippen LogP contribution in [0.25, 0.3) is 22.4 Å². The number of H-pyrrole nitrogens is 1. The van der Waals surface area contributed by atoms with Crippen LogP contribution in [0.5, 0.6) is 11.5 Å². The fourth-order valence-electron chi connectivity index (χ4n) is 5.45. The van der Waals surface area contributed by atoms with Crippen LogP contribution in [-0.4, -0.2) is 69.8 Å². The number of para-hydroxylation sites is 2. The number of aromatic nitrogens is 4. The summed E-state index contributed by atoms with van der Waals surface area (Å²) in [7, 11) is 1.80. The molecule has 0 spiro atoms. The van der Waals surface area contributed by atoms with E-state index < -0.39 is 11.6 Å². The maximum atomic E-state index is 14.7. The molecule has 44 heavy (non-hydrogen) atoms. The largest absolute Gasteiger partial charge is 0.490 e. The Bertz CT molecular complexity index is 1550. The zero-order valence-electron chi connectivity index (χ0n) is 25.1. The van der Waals surface area contributed by atoms with Crippen molar-refractivity contribution in [3.05, 3.63) is 60.6 Å². The number of rotatable bonds is 13. The van der Waals surface area contributed by atoms with Crippen molar-refractivity contribution in [1.82, 2.24) is 30.2 Å². The second-order valence-electron chi connectivity index (χ2n) is 11.0. The Labute approximate surface area is 255 Å². The fourth-order valence-corrected chi connectivity index (χ4v) is 5.45. The number of anilines is 1. The predicted molar refractivity (Wildman–Crippen MR) is 165 cm³/mol. The number of pyridine rings is 1. The van der Waals surface area contributed by atoms with Crippen LogP contribution in [0.3, 0.4) is 0 Å². The van der Waals surface area contributed by atoms with E-state index in [2.05, 4.69) is 30.6 Å². The molecule has 0 aliphatic heterocycles. The summed E-state index contributed by atoms with van der Waals surface area (Å²) < 4.78 is 40.0. The molecule has 3 aromatic heterocycles. The van der Waals surface area contributed by atoms with Crippen LogP contribution < -0.4 is 20.1 Å². The van der Waals surface area contributed by atoms with E-state index in [9.17, 15) is 13.6 Å². The maximum Gasteiger partial charge on any atom is 0.317 e. The van der Waals surface area contributed by atoms with Crippen LogP contribution in [0.4, 0.5) is 19.4 Å². The van der Waals surface area contributed by atoms with Crippen molar-refractivity contribution in [3.8, 4) is 22.9 Å². The van der Waals surface area contributed by atoms with Crippen LogP contribution in [-0.2, 0) is 0 Å². The van der Waals surface area contributed by atoms with Gasteiger partial charge in [0.2, 0.25) is 0 Å². The number of amides is 2. The smallest absolute Gasteiger partial charge is 0.317 e. The third-order valence-electron chi connectivity index (χ3n) is 7.72. The van der Waals surface area contributed by atoms with Gasteiger partial charge in [0.05, 0.1) is 25.6 Å². The lowest BCUT2D eigenvalue weighted by Crippen LogP contribution is -2.47. The molecule has 2 atom stereocenters. The van der Waals surface area contributed by atoms with E-state index in [4.69, 9.17) is 9.47 Å². The van der Waals surface area contributed by atoms with E-state index in [0.717, 1.165) is 62.4 Å². The second-order valence-corrected chi connectivity index (χ2v) is 11.0. The maximum absolute atomic E-state index is 14.7. The SMILES string of the molecule is CCOc1ccccc1OCCCCCN(C)C(=O)N[C@@H]1CCC[C@H](Nc2nc(-c3c[nH]c4ncc(F)cc34)ncc2F)C1. The quantitative estimate of drug-likeness (QED) is 0.153. The van der Waals surface area contributed by atoms with E-state index in [1.807, 2.05) is 31.2 Å². The first kappa shape index (κ1) is 31.0. The molecule has 1 aliphatic carbocycles. The molecule has 1 saturated carbocycles. The fraction of sp³-hybridized carbons (Fsp3) is 0.438. The number of unbranched alkanes of at least 4 members (excludes halogenated alkanes) is 2. The number of fused-ring (bicyclic) bond motifs is 1. The number of nitrogens with zero attached hydrogens (tertiary/aromatic N) is 4. The molecule has 12 heteroatoms. The second kappa shape index (κ2) is 14.8. The van der Waals surface area contributed by atoms with Gasteiger partial charge in [0.25, 0.3) is 0 Å². The summed E-state index contributed by atoms with van der Waals surface area (Å²) in [5, 5.41) is 6.86. The molecule has 10 nitrogen and oxygen atoms in total. The summed E-state index contributed by atoms with van der Waals surface area (Å²) >= 11 is 0. The van der Waals surface area contributed by atoms with Crippen molar-refractivity contribution in [3.63, 3.8) is 0 Å². The van der Waals surface area contributed by atoms with E-state index in [0.29, 0.717) is 42.8 Å². The van der Waals surface area contributed by atoms with Gasteiger partial charge < -0.3 is 30.0 Å². The normalized spacial score (nSPS) is 16.5. The first-order chi connectivity index (χ1) is 21.4. The summed E-state index contributed by atoms with van der Waals surface area (Å²) in [6, 6.07) is 8.76. The number of ether oxygens (including phenoxy) is 2.